The van der Waals surface area contributed by atoms with Gasteiger partial charge >= 0.3 is 0 Å². The van der Waals surface area contributed by atoms with Crippen LogP contribution in [0.4, 0.5) is 0 Å². The highest BCUT2D eigenvalue weighted by molar-refractivity contribution is 5.76. The molecule has 4 rings (SSSR count). The van der Waals surface area contributed by atoms with Crippen LogP contribution in [0.2, 0.25) is 0 Å². The summed E-state index contributed by atoms with van der Waals surface area (Å²) in [5.74, 6) is -0.270. The maximum absolute atomic E-state index is 12.5. The normalized spacial score (nSPS) is 20.5. The van der Waals surface area contributed by atoms with Crippen molar-refractivity contribution < 1.29 is 14.4 Å². The van der Waals surface area contributed by atoms with Crippen LogP contribution in [0.5, 0.6) is 0 Å². The predicted molar refractivity (Wildman–Crippen MR) is 94.7 cm³/mol. The average Bonchev–Trinajstić information content (AvgIpc) is 3.10. The van der Waals surface area contributed by atoms with Gasteiger partial charge in [-0.25, -0.2) is 4.98 Å². The first-order valence-corrected chi connectivity index (χ1v) is 9.31. The topological polar surface area (TPSA) is 57.8 Å². The number of nitrogens with zero attached hydrogens (tertiary/aromatic N) is 2. The second kappa shape index (κ2) is 7.23. The Morgan fingerprint density at radius 1 is 1.12 bits per heavy atom. The van der Waals surface area contributed by atoms with Gasteiger partial charge in [0.1, 0.15) is 0 Å². The second-order valence-electron chi connectivity index (χ2n) is 7.07. The molecule has 2 saturated heterocycles. The van der Waals surface area contributed by atoms with Gasteiger partial charge in [0.05, 0.1) is 62.9 Å². The fraction of sp³-hybridized carbons (Fsp3) is 0.579. The van der Waals surface area contributed by atoms with Gasteiger partial charge in [0.25, 0.3) is 5.56 Å². The Bertz CT molecular complexity index is 773. The molecule has 1 spiro atoms. The van der Waals surface area contributed by atoms with E-state index in [0.29, 0.717) is 5.39 Å². The fourth-order valence-corrected chi connectivity index (χ4v) is 3.94. The maximum Gasteiger partial charge on any atom is 0.261 e. The van der Waals surface area contributed by atoms with Crippen LogP contribution in [0.15, 0.2) is 35.4 Å². The van der Waals surface area contributed by atoms with Gasteiger partial charge in [0, 0.05) is 6.54 Å². The third-order valence-corrected chi connectivity index (χ3v) is 5.44. The van der Waals surface area contributed by atoms with E-state index >= 15 is 0 Å². The van der Waals surface area contributed by atoms with Crippen molar-refractivity contribution in [1.82, 2.24) is 9.55 Å². The van der Waals surface area contributed by atoms with E-state index in [9.17, 15) is 4.79 Å². The van der Waals surface area contributed by atoms with E-state index in [1.165, 1.54) is 0 Å². The first-order chi connectivity index (χ1) is 12.3. The summed E-state index contributed by atoms with van der Waals surface area (Å²) in [5, 5.41) is 0.702. The Kier molecular flexibility index (Phi) is 4.83. The number of rotatable bonds is 5. The van der Waals surface area contributed by atoms with E-state index < -0.39 is 0 Å². The number of unbranched alkanes of at least 4 members (excludes halogenated alkanes) is 1. The van der Waals surface area contributed by atoms with Gasteiger partial charge in [0.15, 0.2) is 5.79 Å². The SMILES string of the molecule is O=c1c2ccccc2ncn1CCCC[NH+]1CCC2(CC1)OCCO2. The molecule has 0 saturated carbocycles. The van der Waals surface area contributed by atoms with Crippen LogP contribution >= 0.6 is 0 Å². The third kappa shape index (κ3) is 3.61. The minimum Gasteiger partial charge on any atom is -0.347 e. The highest BCUT2D eigenvalue weighted by Gasteiger charge is 2.41. The molecule has 0 bridgehead atoms. The monoisotopic (exact) mass is 344 g/mol. The van der Waals surface area contributed by atoms with E-state index in [1.54, 1.807) is 15.8 Å². The molecule has 6 heteroatoms. The number of quaternary nitrogens is 1. The molecule has 134 valence electrons. The number of aromatic nitrogens is 2. The van der Waals surface area contributed by atoms with E-state index in [4.69, 9.17) is 9.47 Å². The Morgan fingerprint density at radius 2 is 1.88 bits per heavy atom. The van der Waals surface area contributed by atoms with Gasteiger partial charge in [-0.3, -0.25) is 9.36 Å². The van der Waals surface area contributed by atoms with Crippen LogP contribution in [0, 0.1) is 0 Å². The Balaban J connectivity index is 1.25. The van der Waals surface area contributed by atoms with Crippen LogP contribution in [-0.4, -0.2) is 48.2 Å². The molecule has 2 aliphatic heterocycles. The lowest BCUT2D eigenvalue weighted by Gasteiger charge is -2.35. The zero-order valence-electron chi connectivity index (χ0n) is 14.6. The summed E-state index contributed by atoms with van der Waals surface area (Å²) in [5.41, 5.74) is 0.834. The summed E-state index contributed by atoms with van der Waals surface area (Å²) in [6.07, 6.45) is 5.79. The third-order valence-electron chi connectivity index (χ3n) is 5.44. The van der Waals surface area contributed by atoms with Crippen LogP contribution < -0.4 is 10.5 Å². The number of aryl methyl sites for hydroxylation is 1. The lowest BCUT2D eigenvalue weighted by Crippen LogP contribution is -3.13. The van der Waals surface area contributed by atoms with Gasteiger partial charge in [-0.1, -0.05) is 12.1 Å². The molecule has 6 nitrogen and oxygen atoms in total. The molecule has 0 amide bonds. The molecule has 1 aromatic heterocycles. The molecular weight excluding hydrogens is 318 g/mol. The average molecular weight is 344 g/mol. The summed E-state index contributed by atoms with van der Waals surface area (Å²) in [7, 11) is 0. The molecule has 3 heterocycles. The van der Waals surface area contributed by atoms with Crippen LogP contribution in [0.25, 0.3) is 10.9 Å². The van der Waals surface area contributed by atoms with Crippen molar-refractivity contribution in [2.45, 2.75) is 38.0 Å². The fourth-order valence-electron chi connectivity index (χ4n) is 3.94. The summed E-state index contributed by atoms with van der Waals surface area (Å²) < 4.78 is 13.3. The van der Waals surface area contributed by atoms with Crippen molar-refractivity contribution in [2.24, 2.45) is 0 Å². The molecule has 2 aliphatic rings. The maximum atomic E-state index is 12.5. The van der Waals surface area contributed by atoms with E-state index in [1.807, 2.05) is 24.3 Å². The van der Waals surface area contributed by atoms with Gasteiger partial charge in [-0.05, 0) is 25.0 Å². The smallest absolute Gasteiger partial charge is 0.261 e. The highest BCUT2D eigenvalue weighted by atomic mass is 16.7. The molecule has 1 aromatic carbocycles. The van der Waals surface area contributed by atoms with Gasteiger partial charge in [-0.15, -0.1) is 0 Å². The Morgan fingerprint density at radius 3 is 2.68 bits per heavy atom. The van der Waals surface area contributed by atoms with Crippen LogP contribution in [-0.2, 0) is 16.0 Å². The standard InChI is InChI=1S/C19H25N3O3/c23-18-16-5-1-2-6-17(16)20-15-22(18)10-4-3-9-21-11-7-19(8-12-21)24-13-14-25-19/h1-2,5-6,15H,3-4,7-14H2/p+1. The van der Waals surface area contributed by atoms with Crippen molar-refractivity contribution in [1.29, 1.82) is 0 Å². The molecule has 1 N–H and O–H groups in total. The number of ether oxygens (including phenoxy) is 2. The molecule has 0 unspecified atom stereocenters. The summed E-state index contributed by atoms with van der Waals surface area (Å²) in [6.45, 7) is 5.58. The van der Waals surface area contributed by atoms with Crippen molar-refractivity contribution in [3.8, 4) is 0 Å². The quantitative estimate of drug-likeness (QED) is 0.807. The Hall–Kier alpha value is -1.76. The molecule has 0 aliphatic carbocycles. The van der Waals surface area contributed by atoms with Crippen LogP contribution in [0.3, 0.4) is 0 Å². The largest absolute Gasteiger partial charge is 0.347 e. The summed E-state index contributed by atoms with van der Waals surface area (Å²) >= 11 is 0. The molecule has 25 heavy (non-hydrogen) atoms. The lowest BCUT2D eigenvalue weighted by molar-refractivity contribution is -0.909. The number of benzene rings is 1. The van der Waals surface area contributed by atoms with E-state index in [0.717, 1.165) is 70.6 Å². The molecule has 0 atom stereocenters. The first-order valence-electron chi connectivity index (χ1n) is 9.31. The number of piperidine rings is 1. The molecular formula is C19H26N3O3+. The van der Waals surface area contributed by atoms with Gasteiger partial charge in [0.2, 0.25) is 0 Å². The van der Waals surface area contributed by atoms with E-state index in [-0.39, 0.29) is 11.3 Å². The van der Waals surface area contributed by atoms with Crippen LogP contribution in [0.1, 0.15) is 25.7 Å². The number of nitrogens with one attached hydrogen (secondary N) is 1. The molecule has 0 radical (unpaired) electrons. The zero-order chi connectivity index (χ0) is 17.1. The highest BCUT2D eigenvalue weighted by Crippen LogP contribution is 2.27. The summed E-state index contributed by atoms with van der Waals surface area (Å²) in [4.78, 5) is 18.5. The predicted octanol–water partition coefficient (Wildman–Crippen LogP) is 0.599. The van der Waals surface area contributed by atoms with E-state index in [2.05, 4.69) is 4.98 Å². The second-order valence-corrected chi connectivity index (χ2v) is 7.07. The number of likely N-dealkylation sites (tertiary alicyclic amines) is 1. The minimum atomic E-state index is -0.270. The summed E-state index contributed by atoms with van der Waals surface area (Å²) in [6, 6.07) is 7.53. The number of para-hydroxylation sites is 1. The molecule has 2 aromatic rings. The Labute approximate surface area is 147 Å². The number of fused-ring (bicyclic) bond motifs is 1. The molecule has 2 fully saturated rings. The first kappa shape index (κ1) is 16.7. The lowest BCUT2D eigenvalue weighted by atomic mass is 10.0. The number of hydrogen-bond acceptors (Lipinski definition) is 4. The van der Waals surface area contributed by atoms with Gasteiger partial charge in [-0.2, -0.15) is 0 Å². The van der Waals surface area contributed by atoms with Crippen molar-refractivity contribution in [2.75, 3.05) is 32.8 Å². The minimum absolute atomic E-state index is 0.0633. The number of hydrogen-bond donors (Lipinski definition) is 1. The van der Waals surface area contributed by atoms with Crippen molar-refractivity contribution >= 4 is 10.9 Å². The van der Waals surface area contributed by atoms with Crippen molar-refractivity contribution in [3.05, 3.63) is 40.9 Å². The van der Waals surface area contributed by atoms with Crippen molar-refractivity contribution in [3.63, 3.8) is 0 Å². The zero-order valence-corrected chi connectivity index (χ0v) is 14.6. The van der Waals surface area contributed by atoms with Gasteiger partial charge < -0.3 is 14.4 Å².